The van der Waals surface area contributed by atoms with Crippen LogP contribution >= 0.6 is 0 Å². The van der Waals surface area contributed by atoms with Crippen molar-refractivity contribution in [2.75, 3.05) is 0 Å². The van der Waals surface area contributed by atoms with Crippen LogP contribution in [-0.2, 0) is 12.8 Å². The molecular formula is C25H32O4. The van der Waals surface area contributed by atoms with Crippen molar-refractivity contribution in [2.24, 2.45) is 5.41 Å². The van der Waals surface area contributed by atoms with Gasteiger partial charge in [-0.3, -0.25) is 0 Å². The second kappa shape index (κ2) is 9.73. The molecule has 0 aliphatic heterocycles. The summed E-state index contributed by atoms with van der Waals surface area (Å²) in [5.41, 5.74) is 4.23. The molecule has 0 heterocycles. The summed E-state index contributed by atoms with van der Waals surface area (Å²) >= 11 is 0. The Morgan fingerprint density at radius 3 is 1.62 bits per heavy atom. The van der Waals surface area contributed by atoms with Crippen LogP contribution in [0.25, 0.3) is 0 Å². The fourth-order valence-electron chi connectivity index (χ4n) is 4.18. The van der Waals surface area contributed by atoms with Gasteiger partial charge in [-0.25, -0.2) is 9.59 Å². The number of carbonyl (C=O) groups is 2. The summed E-state index contributed by atoms with van der Waals surface area (Å²) in [5.74, 6) is -1.83. The molecule has 0 amide bonds. The van der Waals surface area contributed by atoms with Crippen LogP contribution in [0.4, 0.5) is 0 Å². The average molecular weight is 397 g/mol. The van der Waals surface area contributed by atoms with Gasteiger partial charge in [0.1, 0.15) is 0 Å². The summed E-state index contributed by atoms with van der Waals surface area (Å²) in [6.07, 6.45) is 5.10. The van der Waals surface area contributed by atoms with Crippen LogP contribution in [0.3, 0.4) is 0 Å². The van der Waals surface area contributed by atoms with Gasteiger partial charge in [0.15, 0.2) is 0 Å². The van der Waals surface area contributed by atoms with Crippen LogP contribution < -0.4 is 0 Å². The molecule has 4 nitrogen and oxygen atoms in total. The SMILES string of the molecule is CCCCC(CC)(Cc1cc(C)ccc1C(=O)O)Cc1cc(C)ccc1C(=O)O. The summed E-state index contributed by atoms with van der Waals surface area (Å²) in [4.78, 5) is 23.6. The van der Waals surface area contributed by atoms with Crippen molar-refractivity contribution in [1.29, 1.82) is 0 Å². The predicted octanol–water partition coefficient (Wildman–Crippen LogP) is 6.07. The Kier molecular flexibility index (Phi) is 7.60. The first-order valence-electron chi connectivity index (χ1n) is 10.4. The third kappa shape index (κ3) is 5.69. The van der Waals surface area contributed by atoms with Gasteiger partial charge in [-0.05, 0) is 68.2 Å². The number of aryl methyl sites for hydroxylation is 2. The highest BCUT2D eigenvalue weighted by molar-refractivity contribution is 5.90. The molecule has 0 aromatic heterocycles. The molecule has 29 heavy (non-hydrogen) atoms. The first-order chi connectivity index (χ1) is 13.7. The molecular weight excluding hydrogens is 364 g/mol. The molecule has 156 valence electrons. The zero-order chi connectivity index (χ0) is 21.6. The van der Waals surface area contributed by atoms with E-state index in [0.717, 1.165) is 47.9 Å². The Hall–Kier alpha value is -2.62. The number of unbranched alkanes of at least 4 members (excludes halogenated alkanes) is 1. The van der Waals surface area contributed by atoms with E-state index in [1.807, 2.05) is 38.1 Å². The van der Waals surface area contributed by atoms with Gasteiger partial charge < -0.3 is 10.2 Å². The number of aromatic carboxylic acids is 2. The normalized spacial score (nSPS) is 11.4. The quantitative estimate of drug-likeness (QED) is 0.511. The average Bonchev–Trinajstić information content (AvgIpc) is 2.65. The van der Waals surface area contributed by atoms with Gasteiger partial charge in [-0.15, -0.1) is 0 Å². The molecule has 0 fully saturated rings. The van der Waals surface area contributed by atoms with Crippen molar-refractivity contribution in [3.8, 4) is 0 Å². The molecule has 2 aromatic rings. The minimum atomic E-state index is -0.915. The van der Waals surface area contributed by atoms with Gasteiger partial charge in [-0.1, -0.05) is 62.1 Å². The largest absolute Gasteiger partial charge is 0.478 e. The molecule has 0 aliphatic rings. The number of rotatable bonds is 10. The predicted molar refractivity (Wildman–Crippen MR) is 116 cm³/mol. The van der Waals surface area contributed by atoms with Crippen molar-refractivity contribution in [3.05, 3.63) is 69.8 Å². The minimum Gasteiger partial charge on any atom is -0.478 e. The van der Waals surface area contributed by atoms with Crippen LogP contribution in [0.15, 0.2) is 36.4 Å². The van der Waals surface area contributed by atoms with Crippen LogP contribution in [0.5, 0.6) is 0 Å². The van der Waals surface area contributed by atoms with E-state index < -0.39 is 11.9 Å². The summed E-state index contributed by atoms with van der Waals surface area (Å²) in [7, 11) is 0. The zero-order valence-corrected chi connectivity index (χ0v) is 17.9. The van der Waals surface area contributed by atoms with Gasteiger partial charge >= 0.3 is 11.9 Å². The summed E-state index contributed by atoms with van der Waals surface area (Å²) in [6.45, 7) is 8.21. The highest BCUT2D eigenvalue weighted by Gasteiger charge is 2.31. The van der Waals surface area contributed by atoms with Crippen molar-refractivity contribution in [1.82, 2.24) is 0 Å². The maximum atomic E-state index is 11.8. The maximum Gasteiger partial charge on any atom is 0.335 e. The van der Waals surface area contributed by atoms with E-state index in [4.69, 9.17) is 0 Å². The highest BCUT2D eigenvalue weighted by atomic mass is 16.4. The molecule has 0 bridgehead atoms. The smallest absolute Gasteiger partial charge is 0.335 e. The van der Waals surface area contributed by atoms with Gasteiger partial charge in [0.05, 0.1) is 11.1 Å². The summed E-state index contributed by atoms with van der Waals surface area (Å²) < 4.78 is 0. The van der Waals surface area contributed by atoms with E-state index in [1.165, 1.54) is 0 Å². The van der Waals surface area contributed by atoms with Crippen molar-refractivity contribution in [3.63, 3.8) is 0 Å². The zero-order valence-electron chi connectivity index (χ0n) is 17.9. The summed E-state index contributed by atoms with van der Waals surface area (Å²) in [6, 6.07) is 11.0. The van der Waals surface area contributed by atoms with Gasteiger partial charge in [-0.2, -0.15) is 0 Å². The Labute approximate surface area is 173 Å². The fourth-order valence-corrected chi connectivity index (χ4v) is 4.18. The van der Waals surface area contributed by atoms with Crippen LogP contribution in [0, 0.1) is 19.3 Å². The van der Waals surface area contributed by atoms with Crippen LogP contribution in [-0.4, -0.2) is 22.2 Å². The number of carboxylic acid groups (broad SMARTS) is 2. The lowest BCUT2D eigenvalue weighted by Crippen LogP contribution is -2.28. The molecule has 4 heteroatoms. The molecule has 2 aromatic carbocycles. The fraction of sp³-hybridized carbons (Fsp3) is 0.440. The summed E-state index contributed by atoms with van der Waals surface area (Å²) in [5, 5.41) is 19.3. The molecule has 0 saturated carbocycles. The molecule has 0 atom stereocenters. The van der Waals surface area contributed by atoms with E-state index in [2.05, 4.69) is 13.8 Å². The first-order valence-corrected chi connectivity index (χ1v) is 10.4. The Morgan fingerprint density at radius 1 is 0.828 bits per heavy atom. The van der Waals surface area contributed by atoms with E-state index >= 15 is 0 Å². The number of benzene rings is 2. The minimum absolute atomic E-state index is 0.188. The Balaban J connectivity index is 2.53. The second-order valence-corrected chi connectivity index (χ2v) is 8.24. The molecule has 2 N–H and O–H groups in total. The number of hydrogen-bond acceptors (Lipinski definition) is 2. The first kappa shape index (κ1) is 22.7. The highest BCUT2D eigenvalue weighted by Crippen LogP contribution is 2.39. The lowest BCUT2D eigenvalue weighted by molar-refractivity contribution is 0.0685. The van der Waals surface area contributed by atoms with E-state index in [-0.39, 0.29) is 5.41 Å². The number of hydrogen-bond donors (Lipinski definition) is 2. The van der Waals surface area contributed by atoms with Gasteiger partial charge in [0, 0.05) is 0 Å². The third-order valence-corrected chi connectivity index (χ3v) is 5.92. The van der Waals surface area contributed by atoms with Gasteiger partial charge in [0.2, 0.25) is 0 Å². The Morgan fingerprint density at radius 2 is 1.28 bits per heavy atom. The second-order valence-electron chi connectivity index (χ2n) is 8.24. The lowest BCUT2D eigenvalue weighted by Gasteiger charge is -2.34. The van der Waals surface area contributed by atoms with E-state index in [0.29, 0.717) is 24.0 Å². The van der Waals surface area contributed by atoms with Crippen molar-refractivity contribution >= 4 is 11.9 Å². The van der Waals surface area contributed by atoms with Crippen molar-refractivity contribution in [2.45, 2.75) is 66.2 Å². The molecule has 0 radical (unpaired) electrons. The third-order valence-electron chi connectivity index (χ3n) is 5.92. The van der Waals surface area contributed by atoms with Crippen LogP contribution in [0.1, 0.15) is 82.5 Å². The topological polar surface area (TPSA) is 74.6 Å². The molecule has 0 aliphatic carbocycles. The van der Waals surface area contributed by atoms with E-state index in [9.17, 15) is 19.8 Å². The molecule has 2 rings (SSSR count). The lowest BCUT2D eigenvalue weighted by atomic mass is 9.70. The van der Waals surface area contributed by atoms with Crippen molar-refractivity contribution < 1.29 is 19.8 Å². The standard InChI is InChI=1S/C25H32O4/c1-5-7-12-25(6-2,15-19-13-17(3)8-10-21(19)23(26)27)16-20-14-18(4)9-11-22(20)24(28)29/h8-11,13-14H,5-7,12,15-16H2,1-4H3,(H,26,27)(H,28,29). The maximum absolute atomic E-state index is 11.8. The Bertz CT molecular complexity index is 817. The van der Waals surface area contributed by atoms with E-state index in [1.54, 1.807) is 12.1 Å². The van der Waals surface area contributed by atoms with Gasteiger partial charge in [0.25, 0.3) is 0 Å². The number of carboxylic acids is 2. The molecule has 0 spiro atoms. The molecule has 0 saturated heterocycles. The monoisotopic (exact) mass is 396 g/mol. The molecule has 0 unspecified atom stereocenters. The van der Waals surface area contributed by atoms with Crippen LogP contribution in [0.2, 0.25) is 0 Å².